The van der Waals surface area contributed by atoms with Crippen LogP contribution in [-0.4, -0.2) is 37.3 Å². The molecule has 6 heteroatoms. The molecule has 0 spiro atoms. The molecule has 2 heterocycles. The third kappa shape index (κ3) is 4.01. The summed E-state index contributed by atoms with van der Waals surface area (Å²) < 4.78 is 16.8. The van der Waals surface area contributed by atoms with Gasteiger partial charge >= 0.3 is 6.03 Å². The van der Waals surface area contributed by atoms with Crippen LogP contribution in [0.5, 0.6) is 17.2 Å². The molecule has 2 amide bonds. The lowest BCUT2D eigenvalue weighted by Gasteiger charge is -2.27. The number of carbonyl (C=O) groups is 1. The largest absolute Gasteiger partial charge is 0.494 e. The van der Waals surface area contributed by atoms with Gasteiger partial charge < -0.3 is 24.4 Å². The highest BCUT2D eigenvalue weighted by atomic mass is 16.6. The lowest BCUT2D eigenvalue weighted by atomic mass is 10.0. The third-order valence-corrected chi connectivity index (χ3v) is 5.12. The van der Waals surface area contributed by atoms with E-state index in [9.17, 15) is 4.79 Å². The van der Waals surface area contributed by atoms with Crippen molar-refractivity contribution in [3.63, 3.8) is 0 Å². The van der Waals surface area contributed by atoms with Crippen LogP contribution in [0, 0.1) is 0 Å². The molecule has 148 valence electrons. The van der Waals surface area contributed by atoms with Gasteiger partial charge in [0.15, 0.2) is 11.5 Å². The second-order valence-corrected chi connectivity index (χ2v) is 6.99. The van der Waals surface area contributed by atoms with Crippen LogP contribution in [0.1, 0.15) is 36.9 Å². The minimum absolute atomic E-state index is 0.0424. The molecule has 2 aliphatic heterocycles. The maximum Gasteiger partial charge on any atom is 0.318 e. The van der Waals surface area contributed by atoms with E-state index in [1.54, 1.807) is 0 Å². The minimum atomic E-state index is -0.0424. The molecule has 2 aromatic rings. The van der Waals surface area contributed by atoms with Gasteiger partial charge in [0.1, 0.15) is 19.0 Å². The van der Waals surface area contributed by atoms with E-state index >= 15 is 0 Å². The van der Waals surface area contributed by atoms with Crippen molar-refractivity contribution in [1.29, 1.82) is 0 Å². The van der Waals surface area contributed by atoms with Crippen molar-refractivity contribution in [2.75, 3.05) is 26.4 Å². The number of nitrogens with zero attached hydrogens (tertiary/aromatic N) is 1. The Bertz CT molecular complexity index is 839. The quantitative estimate of drug-likeness (QED) is 0.852. The van der Waals surface area contributed by atoms with Gasteiger partial charge in [-0.2, -0.15) is 0 Å². The van der Waals surface area contributed by atoms with Gasteiger partial charge in [-0.1, -0.05) is 18.2 Å². The zero-order chi connectivity index (χ0) is 19.3. The molecule has 28 heavy (non-hydrogen) atoms. The van der Waals surface area contributed by atoms with Crippen molar-refractivity contribution in [2.45, 2.75) is 32.4 Å². The van der Waals surface area contributed by atoms with Crippen LogP contribution in [0.15, 0.2) is 42.5 Å². The van der Waals surface area contributed by atoms with Crippen LogP contribution >= 0.6 is 0 Å². The lowest BCUT2D eigenvalue weighted by Crippen LogP contribution is -2.39. The molecular formula is C22H26N2O4. The molecule has 1 atom stereocenters. The number of likely N-dealkylation sites (tertiary alicyclic amines) is 1. The Morgan fingerprint density at radius 2 is 2.04 bits per heavy atom. The summed E-state index contributed by atoms with van der Waals surface area (Å²) >= 11 is 0. The summed E-state index contributed by atoms with van der Waals surface area (Å²) in [6, 6.07) is 13.8. The second-order valence-electron chi connectivity index (χ2n) is 6.99. The number of amides is 2. The van der Waals surface area contributed by atoms with E-state index < -0.39 is 0 Å². The van der Waals surface area contributed by atoms with Crippen LogP contribution in [-0.2, 0) is 6.54 Å². The van der Waals surface area contributed by atoms with Crippen molar-refractivity contribution in [1.82, 2.24) is 10.2 Å². The van der Waals surface area contributed by atoms with Crippen LogP contribution in [0.4, 0.5) is 4.79 Å². The number of carbonyl (C=O) groups excluding carboxylic acids is 1. The molecule has 1 fully saturated rings. The highest BCUT2D eigenvalue weighted by Gasteiger charge is 2.30. The Labute approximate surface area is 165 Å². The average molecular weight is 382 g/mol. The molecule has 0 aromatic heterocycles. The van der Waals surface area contributed by atoms with E-state index in [1.807, 2.05) is 54.3 Å². The maximum absolute atomic E-state index is 12.8. The average Bonchev–Trinajstić information content (AvgIpc) is 3.22. The van der Waals surface area contributed by atoms with Crippen molar-refractivity contribution in [3.05, 3.63) is 53.6 Å². The third-order valence-electron chi connectivity index (χ3n) is 5.12. The van der Waals surface area contributed by atoms with Gasteiger partial charge in [-0.25, -0.2) is 4.79 Å². The zero-order valence-electron chi connectivity index (χ0n) is 16.1. The van der Waals surface area contributed by atoms with E-state index in [1.165, 1.54) is 0 Å². The molecule has 0 radical (unpaired) electrons. The van der Waals surface area contributed by atoms with E-state index in [0.717, 1.165) is 47.8 Å². The topological polar surface area (TPSA) is 60.0 Å². The summed E-state index contributed by atoms with van der Waals surface area (Å²) in [7, 11) is 0. The number of nitrogens with one attached hydrogen (secondary N) is 1. The van der Waals surface area contributed by atoms with Gasteiger partial charge in [0, 0.05) is 13.1 Å². The smallest absolute Gasteiger partial charge is 0.318 e. The number of urea groups is 1. The molecule has 1 N–H and O–H groups in total. The number of fused-ring (bicyclic) bond motifs is 1. The Hall–Kier alpha value is -2.89. The van der Waals surface area contributed by atoms with E-state index in [2.05, 4.69) is 5.32 Å². The van der Waals surface area contributed by atoms with E-state index in [0.29, 0.717) is 26.4 Å². The molecule has 6 nitrogen and oxygen atoms in total. The SMILES string of the molecule is CCOc1cccc(CNC(=O)N2CCCC2c2ccc3c(c2)OCCO3)c1. The maximum atomic E-state index is 12.8. The lowest BCUT2D eigenvalue weighted by molar-refractivity contribution is 0.170. The van der Waals surface area contributed by atoms with Crippen LogP contribution in [0.25, 0.3) is 0 Å². The normalized spacial score (nSPS) is 18.0. The summed E-state index contributed by atoms with van der Waals surface area (Å²) in [5.41, 5.74) is 2.12. The van der Waals surface area contributed by atoms with Crippen molar-refractivity contribution in [3.8, 4) is 17.2 Å². The summed E-state index contributed by atoms with van der Waals surface area (Å²) in [6.45, 7) is 4.95. The fraction of sp³-hybridized carbons (Fsp3) is 0.409. The molecule has 1 unspecified atom stereocenters. The first-order valence-corrected chi connectivity index (χ1v) is 9.90. The Balaban J connectivity index is 1.41. The molecule has 0 saturated carbocycles. The molecule has 2 aliphatic rings. The van der Waals surface area contributed by atoms with Gasteiger partial charge in [0.2, 0.25) is 0 Å². The first-order valence-electron chi connectivity index (χ1n) is 9.90. The number of rotatable bonds is 5. The van der Waals surface area contributed by atoms with Crippen LogP contribution in [0.2, 0.25) is 0 Å². The molecular weight excluding hydrogens is 356 g/mol. The van der Waals surface area contributed by atoms with E-state index in [-0.39, 0.29) is 12.1 Å². The van der Waals surface area contributed by atoms with Crippen molar-refractivity contribution >= 4 is 6.03 Å². The minimum Gasteiger partial charge on any atom is -0.494 e. The monoisotopic (exact) mass is 382 g/mol. The number of ether oxygens (including phenoxy) is 3. The predicted molar refractivity (Wildman–Crippen MR) is 106 cm³/mol. The summed E-state index contributed by atoms with van der Waals surface area (Å²) in [5, 5.41) is 3.05. The Morgan fingerprint density at radius 3 is 2.89 bits per heavy atom. The molecule has 4 rings (SSSR count). The summed E-state index contributed by atoms with van der Waals surface area (Å²) in [4.78, 5) is 14.7. The second kappa shape index (κ2) is 8.42. The number of hydrogen-bond donors (Lipinski definition) is 1. The fourth-order valence-corrected chi connectivity index (χ4v) is 3.81. The fourth-order valence-electron chi connectivity index (χ4n) is 3.81. The number of hydrogen-bond acceptors (Lipinski definition) is 4. The zero-order valence-corrected chi connectivity index (χ0v) is 16.1. The number of benzene rings is 2. The van der Waals surface area contributed by atoms with Gasteiger partial charge in [0.05, 0.1) is 12.6 Å². The van der Waals surface area contributed by atoms with Gasteiger partial charge in [-0.15, -0.1) is 0 Å². The predicted octanol–water partition coefficient (Wildman–Crippen LogP) is 3.90. The van der Waals surface area contributed by atoms with Gasteiger partial charge in [-0.05, 0) is 55.2 Å². The molecule has 1 saturated heterocycles. The molecule has 2 aromatic carbocycles. The highest BCUT2D eigenvalue weighted by Crippen LogP contribution is 2.38. The molecule has 0 bridgehead atoms. The Morgan fingerprint density at radius 1 is 1.18 bits per heavy atom. The van der Waals surface area contributed by atoms with Gasteiger partial charge in [-0.3, -0.25) is 0 Å². The highest BCUT2D eigenvalue weighted by molar-refractivity contribution is 5.75. The van der Waals surface area contributed by atoms with Crippen molar-refractivity contribution in [2.24, 2.45) is 0 Å². The van der Waals surface area contributed by atoms with E-state index in [4.69, 9.17) is 14.2 Å². The summed E-state index contributed by atoms with van der Waals surface area (Å²) in [5.74, 6) is 2.37. The first kappa shape index (κ1) is 18.5. The van der Waals surface area contributed by atoms with Crippen LogP contribution < -0.4 is 19.5 Å². The van der Waals surface area contributed by atoms with Gasteiger partial charge in [0.25, 0.3) is 0 Å². The van der Waals surface area contributed by atoms with Crippen LogP contribution in [0.3, 0.4) is 0 Å². The van der Waals surface area contributed by atoms with Crippen molar-refractivity contribution < 1.29 is 19.0 Å². The molecule has 0 aliphatic carbocycles. The standard InChI is InChI=1S/C22H26N2O4/c1-2-26-18-6-3-5-16(13-18)15-23-22(25)24-10-4-7-19(24)17-8-9-20-21(14-17)28-12-11-27-20/h3,5-6,8-9,13-14,19H,2,4,7,10-12,15H2,1H3,(H,23,25). The summed E-state index contributed by atoms with van der Waals surface area (Å²) in [6.07, 6.45) is 1.94. The Kier molecular flexibility index (Phi) is 5.55. The first-order chi connectivity index (χ1) is 13.7.